The summed E-state index contributed by atoms with van der Waals surface area (Å²) in [6.45, 7) is 2.12. The van der Waals surface area contributed by atoms with Gasteiger partial charge in [0.25, 0.3) is 0 Å². The molecule has 0 amide bonds. The van der Waals surface area contributed by atoms with E-state index in [-0.39, 0.29) is 12.4 Å². The zero-order chi connectivity index (χ0) is 15.4. The number of aryl methyl sites for hydroxylation is 1. The Labute approximate surface area is 124 Å². The SMILES string of the molecule is CCc1cccc2c(C(=O)COC)cc(OC)c(OC)c12. The van der Waals surface area contributed by atoms with Crippen LogP contribution in [-0.2, 0) is 11.2 Å². The lowest BCUT2D eigenvalue weighted by Gasteiger charge is -2.16. The predicted molar refractivity (Wildman–Crippen MR) is 82.6 cm³/mol. The number of methoxy groups -OCH3 is 3. The molecule has 2 aromatic rings. The molecule has 0 heterocycles. The van der Waals surface area contributed by atoms with Gasteiger partial charge in [-0.2, -0.15) is 0 Å². The van der Waals surface area contributed by atoms with Crippen LogP contribution >= 0.6 is 0 Å². The number of ether oxygens (including phenoxy) is 3. The molecule has 0 aromatic heterocycles. The molecule has 2 aromatic carbocycles. The third kappa shape index (κ3) is 2.72. The van der Waals surface area contributed by atoms with E-state index in [1.54, 1.807) is 20.3 Å². The largest absolute Gasteiger partial charge is 0.493 e. The van der Waals surface area contributed by atoms with Crippen molar-refractivity contribution in [1.82, 2.24) is 0 Å². The fourth-order valence-electron chi connectivity index (χ4n) is 2.58. The van der Waals surface area contributed by atoms with Crippen LogP contribution in [0.15, 0.2) is 24.3 Å². The normalized spacial score (nSPS) is 10.7. The molecule has 0 radical (unpaired) electrons. The second-order valence-corrected chi connectivity index (χ2v) is 4.71. The van der Waals surface area contributed by atoms with E-state index in [4.69, 9.17) is 14.2 Å². The lowest BCUT2D eigenvalue weighted by atomic mass is 9.95. The van der Waals surface area contributed by atoms with Crippen LogP contribution in [0.4, 0.5) is 0 Å². The number of ketones is 1. The Balaban J connectivity index is 2.85. The summed E-state index contributed by atoms with van der Waals surface area (Å²) < 4.78 is 15.9. The fraction of sp³-hybridized carbons (Fsp3) is 0.353. The minimum atomic E-state index is -0.0725. The van der Waals surface area contributed by atoms with Crippen LogP contribution in [0.2, 0.25) is 0 Å². The third-order valence-corrected chi connectivity index (χ3v) is 3.55. The molecule has 112 valence electrons. The lowest BCUT2D eigenvalue weighted by molar-refractivity contribution is 0.0849. The van der Waals surface area contributed by atoms with Crippen LogP contribution in [0.5, 0.6) is 11.5 Å². The summed E-state index contributed by atoms with van der Waals surface area (Å²) in [7, 11) is 4.70. The highest BCUT2D eigenvalue weighted by Gasteiger charge is 2.19. The van der Waals surface area contributed by atoms with Crippen molar-refractivity contribution in [1.29, 1.82) is 0 Å². The monoisotopic (exact) mass is 288 g/mol. The number of hydrogen-bond donors (Lipinski definition) is 0. The van der Waals surface area contributed by atoms with E-state index in [9.17, 15) is 4.79 Å². The number of benzene rings is 2. The van der Waals surface area contributed by atoms with Crippen molar-refractivity contribution in [2.75, 3.05) is 27.9 Å². The molecule has 2 rings (SSSR count). The van der Waals surface area contributed by atoms with Gasteiger partial charge >= 0.3 is 0 Å². The summed E-state index contributed by atoms with van der Waals surface area (Å²) in [6, 6.07) is 7.65. The van der Waals surface area contributed by atoms with E-state index in [1.807, 2.05) is 18.2 Å². The van der Waals surface area contributed by atoms with E-state index in [1.165, 1.54) is 7.11 Å². The summed E-state index contributed by atoms with van der Waals surface area (Å²) >= 11 is 0. The number of Topliss-reactive ketones (excluding diaryl/α,β-unsaturated/α-hetero) is 1. The molecule has 0 atom stereocenters. The molecule has 0 saturated carbocycles. The average Bonchev–Trinajstić information content (AvgIpc) is 2.52. The molecule has 0 spiro atoms. The molecule has 4 heteroatoms. The van der Waals surface area contributed by atoms with Crippen LogP contribution in [0.3, 0.4) is 0 Å². The summed E-state index contributed by atoms with van der Waals surface area (Å²) in [6.07, 6.45) is 0.846. The maximum absolute atomic E-state index is 12.3. The van der Waals surface area contributed by atoms with Gasteiger partial charge in [0.1, 0.15) is 6.61 Å². The van der Waals surface area contributed by atoms with E-state index in [0.29, 0.717) is 17.1 Å². The standard InChI is InChI=1S/C17H20O4/c1-5-11-7-6-8-12-13(14(18)10-19-2)9-15(20-3)17(21-4)16(11)12/h6-9H,5,10H2,1-4H3. The highest BCUT2D eigenvalue weighted by molar-refractivity contribution is 6.12. The maximum Gasteiger partial charge on any atom is 0.189 e. The summed E-state index contributed by atoms with van der Waals surface area (Å²) in [5.74, 6) is 1.15. The van der Waals surface area contributed by atoms with Gasteiger partial charge in [-0.25, -0.2) is 0 Å². The Morgan fingerprint density at radius 2 is 1.90 bits per heavy atom. The highest BCUT2D eigenvalue weighted by Crippen LogP contribution is 2.40. The fourth-order valence-corrected chi connectivity index (χ4v) is 2.58. The van der Waals surface area contributed by atoms with Gasteiger partial charge in [0.05, 0.1) is 14.2 Å². The van der Waals surface area contributed by atoms with Crippen molar-refractivity contribution in [3.63, 3.8) is 0 Å². The number of rotatable bonds is 6. The third-order valence-electron chi connectivity index (χ3n) is 3.55. The Hall–Kier alpha value is -2.07. The Morgan fingerprint density at radius 1 is 1.14 bits per heavy atom. The van der Waals surface area contributed by atoms with E-state index in [2.05, 4.69) is 6.92 Å². The molecular weight excluding hydrogens is 268 g/mol. The van der Waals surface area contributed by atoms with Crippen molar-refractivity contribution in [3.05, 3.63) is 35.4 Å². The summed E-state index contributed by atoms with van der Waals surface area (Å²) in [5, 5.41) is 1.80. The number of hydrogen-bond acceptors (Lipinski definition) is 4. The molecule has 0 aliphatic carbocycles. The van der Waals surface area contributed by atoms with Crippen LogP contribution < -0.4 is 9.47 Å². The van der Waals surface area contributed by atoms with Crippen LogP contribution in [-0.4, -0.2) is 33.7 Å². The minimum Gasteiger partial charge on any atom is -0.493 e. The molecule has 0 fully saturated rings. The van der Waals surface area contributed by atoms with Gasteiger partial charge < -0.3 is 14.2 Å². The Bertz CT molecular complexity index is 661. The summed E-state index contributed by atoms with van der Waals surface area (Å²) in [5.41, 5.74) is 1.72. The summed E-state index contributed by atoms with van der Waals surface area (Å²) in [4.78, 5) is 12.3. The number of carbonyl (C=O) groups excluding carboxylic acids is 1. The van der Waals surface area contributed by atoms with Gasteiger partial charge in [0, 0.05) is 18.1 Å². The van der Waals surface area contributed by atoms with Crippen LogP contribution in [0.1, 0.15) is 22.8 Å². The van der Waals surface area contributed by atoms with Crippen molar-refractivity contribution in [3.8, 4) is 11.5 Å². The molecule has 0 bridgehead atoms. The van der Waals surface area contributed by atoms with Gasteiger partial charge in [-0.1, -0.05) is 25.1 Å². The second-order valence-electron chi connectivity index (χ2n) is 4.71. The predicted octanol–water partition coefficient (Wildman–Crippen LogP) is 3.25. The second kappa shape index (κ2) is 6.59. The smallest absolute Gasteiger partial charge is 0.189 e. The first-order valence-electron chi connectivity index (χ1n) is 6.86. The van der Waals surface area contributed by atoms with Crippen molar-refractivity contribution in [2.45, 2.75) is 13.3 Å². The van der Waals surface area contributed by atoms with Crippen LogP contribution in [0, 0.1) is 0 Å². The van der Waals surface area contributed by atoms with Crippen LogP contribution in [0.25, 0.3) is 10.8 Å². The van der Waals surface area contributed by atoms with E-state index < -0.39 is 0 Å². The van der Waals surface area contributed by atoms with Gasteiger partial charge in [0.2, 0.25) is 0 Å². The molecular formula is C17H20O4. The molecule has 0 N–H and O–H groups in total. The number of carbonyl (C=O) groups is 1. The maximum atomic E-state index is 12.3. The highest BCUT2D eigenvalue weighted by atomic mass is 16.5. The molecule has 4 nitrogen and oxygen atoms in total. The quantitative estimate of drug-likeness (QED) is 0.765. The van der Waals surface area contributed by atoms with E-state index >= 15 is 0 Å². The van der Waals surface area contributed by atoms with Gasteiger partial charge in [-0.15, -0.1) is 0 Å². The topological polar surface area (TPSA) is 44.8 Å². The first-order valence-corrected chi connectivity index (χ1v) is 6.86. The molecule has 0 saturated heterocycles. The van der Waals surface area contributed by atoms with Gasteiger partial charge in [-0.3, -0.25) is 4.79 Å². The van der Waals surface area contributed by atoms with Crippen molar-refractivity contribution in [2.24, 2.45) is 0 Å². The zero-order valence-corrected chi connectivity index (χ0v) is 12.9. The number of fused-ring (bicyclic) bond motifs is 1. The Morgan fingerprint density at radius 3 is 2.48 bits per heavy atom. The molecule has 0 aliphatic heterocycles. The first kappa shape index (κ1) is 15.3. The Kier molecular flexibility index (Phi) is 4.81. The molecule has 0 aliphatic rings. The first-order chi connectivity index (χ1) is 10.2. The van der Waals surface area contributed by atoms with Crippen molar-refractivity contribution < 1.29 is 19.0 Å². The van der Waals surface area contributed by atoms with E-state index in [0.717, 1.165) is 22.8 Å². The molecule has 0 unspecified atom stereocenters. The van der Waals surface area contributed by atoms with Gasteiger partial charge in [-0.05, 0) is 23.4 Å². The zero-order valence-electron chi connectivity index (χ0n) is 12.9. The average molecular weight is 288 g/mol. The molecule has 21 heavy (non-hydrogen) atoms. The lowest BCUT2D eigenvalue weighted by Crippen LogP contribution is -2.09. The van der Waals surface area contributed by atoms with Gasteiger partial charge in [0.15, 0.2) is 17.3 Å². The minimum absolute atomic E-state index is 0.0426. The van der Waals surface area contributed by atoms with Crippen molar-refractivity contribution >= 4 is 16.6 Å².